The SMILES string of the molecule is CN1CCCC(Nc2ncnc3c2ccn3SI)C1. The molecule has 0 amide bonds. The van der Waals surface area contributed by atoms with E-state index in [2.05, 4.69) is 58.5 Å². The van der Waals surface area contributed by atoms with Gasteiger partial charge in [0, 0.05) is 49.1 Å². The maximum Gasteiger partial charge on any atom is 0.156 e. The summed E-state index contributed by atoms with van der Waals surface area (Å²) in [5, 5.41) is 4.67. The van der Waals surface area contributed by atoms with E-state index in [1.807, 2.05) is 6.20 Å². The summed E-state index contributed by atoms with van der Waals surface area (Å²) in [7, 11) is 3.79. The highest BCUT2D eigenvalue weighted by Gasteiger charge is 2.18. The highest BCUT2D eigenvalue weighted by molar-refractivity contribution is 14.2. The number of anilines is 1. The highest BCUT2D eigenvalue weighted by atomic mass is 127. The van der Waals surface area contributed by atoms with E-state index in [1.165, 1.54) is 19.4 Å². The number of halogens is 1. The van der Waals surface area contributed by atoms with Gasteiger partial charge in [0.1, 0.15) is 12.1 Å². The van der Waals surface area contributed by atoms with Crippen molar-refractivity contribution >= 4 is 47.2 Å². The summed E-state index contributed by atoms with van der Waals surface area (Å²) in [6.45, 7) is 2.27. The number of nitrogens with zero attached hydrogens (tertiary/aromatic N) is 4. The normalized spacial score (nSPS) is 20.8. The molecular formula is C12H16IN5S. The molecule has 0 spiro atoms. The largest absolute Gasteiger partial charge is 0.365 e. The number of hydrogen-bond donors (Lipinski definition) is 1. The minimum absolute atomic E-state index is 0.479. The second kappa shape index (κ2) is 5.84. The fourth-order valence-corrected chi connectivity index (χ4v) is 3.85. The minimum atomic E-state index is 0.479. The molecule has 2 aromatic rings. The molecule has 3 heterocycles. The summed E-state index contributed by atoms with van der Waals surface area (Å²) in [4.78, 5) is 11.1. The second-order valence-corrected chi connectivity index (χ2v) is 6.63. The zero-order chi connectivity index (χ0) is 13.2. The lowest BCUT2D eigenvalue weighted by Gasteiger charge is -2.30. The zero-order valence-electron chi connectivity index (χ0n) is 10.7. The third-order valence-corrected chi connectivity index (χ3v) is 5.20. The molecule has 1 atom stereocenters. The Hall–Kier alpha value is -0.540. The second-order valence-electron chi connectivity index (χ2n) is 4.92. The standard InChI is InChI=1S/C12H16IN5S/c1-17-5-2-3-9(7-17)16-11-10-4-6-18(19-13)12(10)15-8-14-11/h4,6,8-9H,2-3,5,7H2,1H3,(H,14,15,16). The van der Waals surface area contributed by atoms with Gasteiger partial charge in [-0.15, -0.1) is 0 Å². The van der Waals surface area contributed by atoms with Crippen molar-refractivity contribution in [3.8, 4) is 0 Å². The zero-order valence-corrected chi connectivity index (χ0v) is 13.7. The predicted molar refractivity (Wildman–Crippen MR) is 88.7 cm³/mol. The Labute approximate surface area is 128 Å². The lowest BCUT2D eigenvalue weighted by Crippen LogP contribution is -2.39. The Balaban J connectivity index is 1.86. The van der Waals surface area contributed by atoms with Gasteiger partial charge in [0.2, 0.25) is 0 Å². The van der Waals surface area contributed by atoms with Gasteiger partial charge >= 0.3 is 0 Å². The van der Waals surface area contributed by atoms with E-state index in [0.29, 0.717) is 6.04 Å². The number of nitrogens with one attached hydrogen (secondary N) is 1. The van der Waals surface area contributed by atoms with Gasteiger partial charge in [-0.25, -0.2) is 9.97 Å². The van der Waals surface area contributed by atoms with E-state index in [-0.39, 0.29) is 0 Å². The van der Waals surface area contributed by atoms with Gasteiger partial charge < -0.3 is 10.2 Å². The van der Waals surface area contributed by atoms with E-state index in [9.17, 15) is 0 Å². The first-order chi connectivity index (χ1) is 9.28. The average molecular weight is 389 g/mol. The number of likely N-dealkylation sites (tertiary alicyclic amines) is 1. The molecule has 1 N–H and O–H groups in total. The van der Waals surface area contributed by atoms with Gasteiger partial charge in [0.05, 0.1) is 5.39 Å². The first-order valence-corrected chi connectivity index (χ1v) is 9.66. The monoisotopic (exact) mass is 389 g/mol. The van der Waals surface area contributed by atoms with E-state index in [1.54, 1.807) is 15.4 Å². The van der Waals surface area contributed by atoms with Crippen molar-refractivity contribution in [2.75, 3.05) is 25.5 Å². The lowest BCUT2D eigenvalue weighted by atomic mass is 10.1. The van der Waals surface area contributed by atoms with Crippen molar-refractivity contribution in [2.45, 2.75) is 18.9 Å². The van der Waals surface area contributed by atoms with Gasteiger partial charge in [-0.05, 0) is 32.5 Å². The molecule has 0 bridgehead atoms. The molecule has 0 aliphatic carbocycles. The van der Waals surface area contributed by atoms with E-state index < -0.39 is 0 Å². The maximum atomic E-state index is 4.41. The summed E-state index contributed by atoms with van der Waals surface area (Å²) in [5.74, 6) is 0.953. The van der Waals surface area contributed by atoms with E-state index >= 15 is 0 Å². The van der Waals surface area contributed by atoms with Crippen molar-refractivity contribution in [1.29, 1.82) is 0 Å². The molecule has 7 heteroatoms. The van der Waals surface area contributed by atoms with Gasteiger partial charge in [-0.1, -0.05) is 0 Å². The Morgan fingerprint density at radius 3 is 3.16 bits per heavy atom. The molecule has 0 saturated carbocycles. The first kappa shape index (κ1) is 13.4. The van der Waals surface area contributed by atoms with E-state index in [4.69, 9.17) is 0 Å². The van der Waals surface area contributed by atoms with Crippen molar-refractivity contribution in [3.63, 3.8) is 0 Å². The smallest absolute Gasteiger partial charge is 0.156 e. The van der Waals surface area contributed by atoms with Crippen LogP contribution >= 0.6 is 30.3 Å². The van der Waals surface area contributed by atoms with Crippen LogP contribution in [0.2, 0.25) is 0 Å². The summed E-state index contributed by atoms with van der Waals surface area (Å²) in [5.41, 5.74) is 0.973. The number of aromatic nitrogens is 3. The molecule has 2 aromatic heterocycles. The van der Waals surface area contributed by atoms with Crippen LogP contribution in [-0.2, 0) is 0 Å². The van der Waals surface area contributed by atoms with Gasteiger partial charge in [-0.2, -0.15) is 0 Å². The van der Waals surface area contributed by atoms with Crippen molar-refractivity contribution in [3.05, 3.63) is 18.6 Å². The van der Waals surface area contributed by atoms with Gasteiger partial charge in [0.25, 0.3) is 0 Å². The van der Waals surface area contributed by atoms with Crippen LogP contribution in [0.1, 0.15) is 12.8 Å². The van der Waals surface area contributed by atoms with Crippen LogP contribution in [0.25, 0.3) is 11.0 Å². The Morgan fingerprint density at radius 2 is 2.37 bits per heavy atom. The van der Waals surface area contributed by atoms with Crippen LogP contribution in [0.5, 0.6) is 0 Å². The maximum absolute atomic E-state index is 4.41. The number of likely N-dealkylation sites (N-methyl/N-ethyl adjacent to an activating group) is 1. The third-order valence-electron chi connectivity index (χ3n) is 3.49. The van der Waals surface area contributed by atoms with Crippen molar-refractivity contribution < 1.29 is 0 Å². The quantitative estimate of drug-likeness (QED) is 0.819. The molecule has 1 aliphatic rings. The van der Waals surface area contributed by atoms with Gasteiger partial charge in [-0.3, -0.25) is 3.97 Å². The lowest BCUT2D eigenvalue weighted by molar-refractivity contribution is 0.261. The Bertz CT molecular complexity index is 572. The van der Waals surface area contributed by atoms with Crippen molar-refractivity contribution in [1.82, 2.24) is 18.8 Å². The Kier molecular flexibility index (Phi) is 4.13. The fraction of sp³-hybridized carbons (Fsp3) is 0.500. The third kappa shape index (κ3) is 2.82. The number of piperidine rings is 1. The molecule has 5 nitrogen and oxygen atoms in total. The summed E-state index contributed by atoms with van der Waals surface area (Å²) in [6.07, 6.45) is 6.12. The van der Waals surface area contributed by atoms with E-state index in [0.717, 1.165) is 23.4 Å². The highest BCUT2D eigenvalue weighted by Crippen LogP contribution is 2.27. The molecule has 3 rings (SSSR count). The minimum Gasteiger partial charge on any atom is -0.365 e. The number of rotatable bonds is 3. The molecule has 19 heavy (non-hydrogen) atoms. The topological polar surface area (TPSA) is 46.0 Å². The predicted octanol–water partition coefficient (Wildman–Crippen LogP) is 2.78. The van der Waals surface area contributed by atoms with Crippen LogP contribution in [0.15, 0.2) is 18.6 Å². The molecule has 1 fully saturated rings. The molecule has 1 unspecified atom stereocenters. The van der Waals surface area contributed by atoms with Crippen LogP contribution in [0, 0.1) is 0 Å². The molecule has 0 aromatic carbocycles. The average Bonchev–Trinajstić information content (AvgIpc) is 2.83. The van der Waals surface area contributed by atoms with Crippen molar-refractivity contribution in [2.24, 2.45) is 0 Å². The molecule has 0 radical (unpaired) electrons. The van der Waals surface area contributed by atoms with Crippen LogP contribution in [0.3, 0.4) is 0 Å². The number of fused-ring (bicyclic) bond motifs is 1. The Morgan fingerprint density at radius 1 is 1.47 bits per heavy atom. The molecule has 1 aliphatic heterocycles. The van der Waals surface area contributed by atoms with Crippen LogP contribution < -0.4 is 5.32 Å². The summed E-state index contributed by atoms with van der Waals surface area (Å²) < 4.78 is 2.05. The molecular weight excluding hydrogens is 373 g/mol. The summed E-state index contributed by atoms with van der Waals surface area (Å²) >= 11 is 2.26. The molecule has 102 valence electrons. The first-order valence-electron chi connectivity index (χ1n) is 6.34. The van der Waals surface area contributed by atoms with Crippen LogP contribution in [0.4, 0.5) is 5.82 Å². The molecule has 1 saturated heterocycles. The number of hydrogen-bond acceptors (Lipinski definition) is 5. The van der Waals surface area contributed by atoms with Crippen LogP contribution in [-0.4, -0.2) is 45.0 Å². The summed E-state index contributed by atoms with van der Waals surface area (Å²) in [6, 6.07) is 2.56. The van der Waals surface area contributed by atoms with Gasteiger partial charge in [0.15, 0.2) is 5.65 Å². The fourth-order valence-electron chi connectivity index (χ4n) is 2.58.